The maximum Gasteiger partial charge on any atom is 0.138 e. The van der Waals surface area contributed by atoms with Crippen molar-refractivity contribution < 1.29 is 9.26 Å². The first-order valence-corrected chi connectivity index (χ1v) is 5.95. The van der Waals surface area contributed by atoms with Crippen LogP contribution in [0.4, 0.5) is 0 Å². The highest BCUT2D eigenvalue weighted by atomic mass is 16.5. The Morgan fingerprint density at radius 2 is 2.31 bits per heavy atom. The molecule has 16 heavy (non-hydrogen) atoms. The van der Waals surface area contributed by atoms with Crippen LogP contribution in [0, 0.1) is 13.8 Å². The highest BCUT2D eigenvalue weighted by molar-refractivity contribution is 5.20. The number of nitrogens with one attached hydrogen (secondary N) is 1. The van der Waals surface area contributed by atoms with Crippen LogP contribution in [0.2, 0.25) is 0 Å². The number of nitrogens with zero attached hydrogens (tertiary/aromatic N) is 1. The molecular weight excluding hydrogens is 204 g/mol. The third kappa shape index (κ3) is 2.44. The minimum atomic E-state index is 0.362. The van der Waals surface area contributed by atoms with Crippen molar-refractivity contribution >= 4 is 0 Å². The number of aryl methyl sites for hydroxylation is 2. The van der Waals surface area contributed by atoms with Crippen molar-refractivity contribution in [1.82, 2.24) is 10.5 Å². The number of hydrogen-bond donors (Lipinski definition) is 1. The lowest BCUT2D eigenvalue weighted by molar-refractivity contribution is 0.0831. The van der Waals surface area contributed by atoms with Crippen LogP contribution in [-0.2, 0) is 11.3 Å². The molecule has 1 aliphatic rings. The first kappa shape index (κ1) is 11.6. The minimum absolute atomic E-state index is 0.362. The van der Waals surface area contributed by atoms with Gasteiger partial charge in [-0.25, -0.2) is 0 Å². The summed E-state index contributed by atoms with van der Waals surface area (Å²) in [6.07, 6.45) is 2.71. The summed E-state index contributed by atoms with van der Waals surface area (Å²) in [7, 11) is 0. The number of rotatable bonds is 4. The van der Waals surface area contributed by atoms with Crippen LogP contribution in [0.5, 0.6) is 0 Å². The molecule has 2 rings (SSSR count). The van der Waals surface area contributed by atoms with Crippen LogP contribution < -0.4 is 5.32 Å². The summed E-state index contributed by atoms with van der Waals surface area (Å²) < 4.78 is 10.8. The maximum absolute atomic E-state index is 5.64. The fourth-order valence-corrected chi connectivity index (χ4v) is 2.15. The molecule has 0 bridgehead atoms. The Labute approximate surface area is 96.3 Å². The smallest absolute Gasteiger partial charge is 0.138 e. The summed E-state index contributed by atoms with van der Waals surface area (Å²) >= 11 is 0. The molecule has 0 aliphatic carbocycles. The Hall–Kier alpha value is -0.870. The summed E-state index contributed by atoms with van der Waals surface area (Å²) in [6, 6.07) is 0.385. The van der Waals surface area contributed by atoms with E-state index in [1.54, 1.807) is 0 Å². The lowest BCUT2D eigenvalue weighted by Gasteiger charge is -2.19. The molecule has 1 aliphatic heterocycles. The van der Waals surface area contributed by atoms with E-state index in [1.165, 1.54) is 12.0 Å². The molecule has 0 amide bonds. The number of ether oxygens (including phenoxy) is 1. The standard InChI is InChI=1S/C12H20N2O2/c1-8-11(10(3)16-14-8)7-13-9(2)12-5-4-6-15-12/h9,12-13H,4-7H2,1-3H3. The molecule has 1 aromatic rings. The van der Waals surface area contributed by atoms with E-state index in [-0.39, 0.29) is 0 Å². The van der Waals surface area contributed by atoms with Gasteiger partial charge in [-0.2, -0.15) is 0 Å². The third-order valence-electron chi connectivity index (χ3n) is 3.30. The summed E-state index contributed by atoms with van der Waals surface area (Å²) in [5.41, 5.74) is 2.15. The molecule has 4 nitrogen and oxygen atoms in total. The van der Waals surface area contributed by atoms with E-state index in [0.717, 1.165) is 31.0 Å². The van der Waals surface area contributed by atoms with Crippen molar-refractivity contribution in [2.45, 2.75) is 52.3 Å². The quantitative estimate of drug-likeness (QED) is 0.849. The molecular formula is C12H20N2O2. The van der Waals surface area contributed by atoms with Crippen molar-refractivity contribution in [2.24, 2.45) is 0 Å². The van der Waals surface area contributed by atoms with Crippen LogP contribution >= 0.6 is 0 Å². The summed E-state index contributed by atoms with van der Waals surface area (Å²) in [5, 5.41) is 7.43. The lowest BCUT2D eigenvalue weighted by atomic mass is 10.1. The summed E-state index contributed by atoms with van der Waals surface area (Å²) in [5.74, 6) is 0.907. The van der Waals surface area contributed by atoms with Gasteiger partial charge in [0.2, 0.25) is 0 Å². The first-order valence-electron chi connectivity index (χ1n) is 5.95. The third-order valence-corrected chi connectivity index (χ3v) is 3.30. The van der Waals surface area contributed by atoms with Crippen LogP contribution in [0.15, 0.2) is 4.52 Å². The summed E-state index contributed by atoms with van der Waals surface area (Å²) in [4.78, 5) is 0. The predicted octanol–water partition coefficient (Wildman–Crippen LogP) is 1.95. The van der Waals surface area contributed by atoms with Crippen LogP contribution in [0.3, 0.4) is 0 Å². The Balaban J connectivity index is 1.87. The normalized spacial score (nSPS) is 22.6. The molecule has 4 heteroatoms. The fraction of sp³-hybridized carbons (Fsp3) is 0.750. The average Bonchev–Trinajstić information content (AvgIpc) is 2.87. The van der Waals surface area contributed by atoms with E-state index in [0.29, 0.717) is 12.1 Å². The summed E-state index contributed by atoms with van der Waals surface area (Å²) in [6.45, 7) is 7.82. The molecule has 0 spiro atoms. The highest BCUT2D eigenvalue weighted by Gasteiger charge is 2.22. The van der Waals surface area contributed by atoms with Crippen molar-refractivity contribution in [3.63, 3.8) is 0 Å². The molecule has 90 valence electrons. The van der Waals surface area contributed by atoms with E-state index >= 15 is 0 Å². The lowest BCUT2D eigenvalue weighted by Crippen LogP contribution is -2.36. The monoisotopic (exact) mass is 224 g/mol. The molecule has 1 saturated heterocycles. The molecule has 0 aromatic carbocycles. The number of aromatic nitrogens is 1. The van der Waals surface area contributed by atoms with Crippen LogP contribution in [-0.4, -0.2) is 23.9 Å². The van der Waals surface area contributed by atoms with Crippen molar-refractivity contribution in [3.05, 3.63) is 17.0 Å². The predicted molar refractivity (Wildman–Crippen MR) is 61.3 cm³/mol. The maximum atomic E-state index is 5.64. The average molecular weight is 224 g/mol. The topological polar surface area (TPSA) is 47.3 Å². The van der Waals surface area contributed by atoms with Gasteiger partial charge < -0.3 is 14.6 Å². The Kier molecular flexibility index (Phi) is 3.61. The first-order chi connectivity index (χ1) is 7.68. The highest BCUT2D eigenvalue weighted by Crippen LogP contribution is 2.17. The molecule has 2 heterocycles. The van der Waals surface area contributed by atoms with Crippen molar-refractivity contribution in [2.75, 3.05) is 6.61 Å². The second-order valence-electron chi connectivity index (χ2n) is 4.52. The van der Waals surface area contributed by atoms with Gasteiger partial charge in [-0.3, -0.25) is 0 Å². The van der Waals surface area contributed by atoms with Crippen molar-refractivity contribution in [1.29, 1.82) is 0 Å². The second kappa shape index (κ2) is 4.97. The minimum Gasteiger partial charge on any atom is -0.377 e. The van der Waals surface area contributed by atoms with Gasteiger partial charge in [0.25, 0.3) is 0 Å². The van der Waals surface area contributed by atoms with Gasteiger partial charge in [-0.05, 0) is 33.6 Å². The molecule has 0 radical (unpaired) electrons. The second-order valence-corrected chi connectivity index (χ2v) is 4.52. The van der Waals surface area contributed by atoms with E-state index in [2.05, 4.69) is 17.4 Å². The van der Waals surface area contributed by atoms with Gasteiger partial charge in [0.1, 0.15) is 5.76 Å². The fourth-order valence-electron chi connectivity index (χ4n) is 2.15. The van der Waals surface area contributed by atoms with Gasteiger partial charge in [0.15, 0.2) is 0 Å². The van der Waals surface area contributed by atoms with E-state index in [4.69, 9.17) is 9.26 Å². The molecule has 2 unspecified atom stereocenters. The molecule has 1 N–H and O–H groups in total. The Morgan fingerprint density at radius 3 is 2.88 bits per heavy atom. The number of hydrogen-bond acceptors (Lipinski definition) is 4. The SMILES string of the molecule is Cc1noc(C)c1CNC(C)C1CCCO1. The van der Waals surface area contributed by atoms with Gasteiger partial charge in [-0.1, -0.05) is 5.16 Å². The Morgan fingerprint density at radius 1 is 1.50 bits per heavy atom. The van der Waals surface area contributed by atoms with E-state index < -0.39 is 0 Å². The zero-order chi connectivity index (χ0) is 11.5. The van der Waals surface area contributed by atoms with Crippen molar-refractivity contribution in [3.8, 4) is 0 Å². The molecule has 1 fully saturated rings. The molecule has 2 atom stereocenters. The largest absolute Gasteiger partial charge is 0.377 e. The van der Waals surface area contributed by atoms with E-state index in [9.17, 15) is 0 Å². The van der Waals surface area contributed by atoms with Gasteiger partial charge in [0.05, 0.1) is 11.8 Å². The Bertz CT molecular complexity index is 323. The van der Waals surface area contributed by atoms with Gasteiger partial charge in [-0.15, -0.1) is 0 Å². The molecule has 1 aromatic heterocycles. The van der Waals surface area contributed by atoms with Gasteiger partial charge >= 0.3 is 0 Å². The van der Waals surface area contributed by atoms with Gasteiger partial charge in [0, 0.05) is 24.8 Å². The zero-order valence-corrected chi connectivity index (χ0v) is 10.2. The van der Waals surface area contributed by atoms with E-state index in [1.807, 2.05) is 13.8 Å². The van der Waals surface area contributed by atoms with Crippen LogP contribution in [0.1, 0.15) is 36.8 Å². The van der Waals surface area contributed by atoms with Crippen LogP contribution in [0.25, 0.3) is 0 Å². The zero-order valence-electron chi connectivity index (χ0n) is 10.2. The molecule has 0 saturated carbocycles.